The summed E-state index contributed by atoms with van der Waals surface area (Å²) in [6.07, 6.45) is 0. The zero-order valence-corrected chi connectivity index (χ0v) is 10.9. The summed E-state index contributed by atoms with van der Waals surface area (Å²) in [7, 11) is 1.76. The Kier molecular flexibility index (Phi) is 3.69. The summed E-state index contributed by atoms with van der Waals surface area (Å²) in [5, 5.41) is 19.2. The molecule has 2 rings (SSSR count). The number of tetrazole rings is 1. The number of nitrogens with one attached hydrogen (secondary N) is 3. The van der Waals surface area contributed by atoms with Crippen LogP contribution >= 0.6 is 0 Å². The number of hydrogen-bond donors (Lipinski definition) is 3. The van der Waals surface area contributed by atoms with Crippen LogP contribution in [0.3, 0.4) is 0 Å². The second-order valence-corrected chi connectivity index (χ2v) is 4.10. The minimum atomic E-state index is -0.322. The zero-order valence-electron chi connectivity index (χ0n) is 10.9. The molecule has 0 bridgehead atoms. The van der Waals surface area contributed by atoms with Gasteiger partial charge in [0.2, 0.25) is 0 Å². The van der Waals surface area contributed by atoms with Crippen LogP contribution < -0.4 is 10.6 Å². The van der Waals surface area contributed by atoms with E-state index in [4.69, 9.17) is 0 Å². The van der Waals surface area contributed by atoms with Gasteiger partial charge in [0.15, 0.2) is 5.82 Å². The van der Waals surface area contributed by atoms with Crippen LogP contribution in [-0.2, 0) is 0 Å². The quantitative estimate of drug-likeness (QED) is 0.736. The number of aromatic nitrogens is 5. The molecule has 3 N–H and O–H groups in total. The van der Waals surface area contributed by atoms with Gasteiger partial charge in [0, 0.05) is 18.3 Å². The third kappa shape index (κ3) is 3.03. The minimum absolute atomic E-state index is 0.209. The van der Waals surface area contributed by atoms with E-state index in [2.05, 4.69) is 36.2 Å². The van der Waals surface area contributed by atoms with Gasteiger partial charge in [-0.2, -0.15) is 5.21 Å². The highest BCUT2D eigenvalue weighted by molar-refractivity contribution is 5.95. The van der Waals surface area contributed by atoms with Crippen molar-refractivity contribution in [3.05, 3.63) is 29.2 Å². The third-order valence-electron chi connectivity index (χ3n) is 2.57. The third-order valence-corrected chi connectivity index (χ3v) is 2.57. The van der Waals surface area contributed by atoms with E-state index in [1.165, 1.54) is 0 Å². The second kappa shape index (κ2) is 5.42. The number of nitrogens with zero attached hydrogens (tertiary/aromatic N) is 4. The number of aromatic amines is 1. The highest BCUT2D eigenvalue weighted by Crippen LogP contribution is 2.11. The number of pyridine rings is 1. The summed E-state index contributed by atoms with van der Waals surface area (Å²) in [5.41, 5.74) is 1.30. The Morgan fingerprint density at radius 1 is 1.42 bits per heavy atom. The summed E-state index contributed by atoms with van der Waals surface area (Å²) in [5.74, 6) is 0.879. The molecular formula is C11H15N7O. The van der Waals surface area contributed by atoms with Crippen molar-refractivity contribution >= 4 is 11.7 Å². The molecule has 8 heteroatoms. The van der Waals surface area contributed by atoms with Crippen molar-refractivity contribution in [2.24, 2.45) is 0 Å². The molecule has 19 heavy (non-hydrogen) atoms. The Morgan fingerprint density at radius 2 is 2.21 bits per heavy atom. The number of aryl methyl sites for hydroxylation is 1. The average Bonchev–Trinajstić information content (AvgIpc) is 2.91. The maximum atomic E-state index is 12.1. The van der Waals surface area contributed by atoms with Crippen LogP contribution in [0.15, 0.2) is 12.1 Å². The van der Waals surface area contributed by atoms with E-state index in [0.717, 1.165) is 5.69 Å². The highest BCUT2D eigenvalue weighted by Gasteiger charge is 2.15. The highest BCUT2D eigenvalue weighted by atomic mass is 16.1. The van der Waals surface area contributed by atoms with Crippen LogP contribution in [0.1, 0.15) is 34.8 Å². The Morgan fingerprint density at radius 3 is 2.84 bits per heavy atom. The van der Waals surface area contributed by atoms with E-state index in [-0.39, 0.29) is 11.9 Å². The molecule has 0 radical (unpaired) electrons. The topological polar surface area (TPSA) is 108 Å². The normalized spacial score (nSPS) is 11.9. The van der Waals surface area contributed by atoms with Crippen molar-refractivity contribution in [3.63, 3.8) is 0 Å². The summed E-state index contributed by atoms with van der Waals surface area (Å²) in [6, 6.07) is 3.09. The number of carbonyl (C=O) groups excluding carboxylic acids is 1. The maximum Gasteiger partial charge on any atom is 0.252 e. The number of amides is 1. The van der Waals surface area contributed by atoms with Gasteiger partial charge >= 0.3 is 0 Å². The van der Waals surface area contributed by atoms with Crippen LogP contribution in [0.2, 0.25) is 0 Å². The van der Waals surface area contributed by atoms with Gasteiger partial charge in [0.1, 0.15) is 5.82 Å². The lowest BCUT2D eigenvalue weighted by molar-refractivity contribution is 0.0938. The Balaban J connectivity index is 2.13. The van der Waals surface area contributed by atoms with Crippen LogP contribution in [0.4, 0.5) is 5.82 Å². The fourth-order valence-electron chi connectivity index (χ4n) is 1.63. The van der Waals surface area contributed by atoms with Gasteiger partial charge in [-0.1, -0.05) is 5.21 Å². The lowest BCUT2D eigenvalue weighted by Gasteiger charge is -2.11. The standard InChI is InChI=1S/C11H15N7O/c1-6-4-8(5-9(12-3)13-6)11(19)14-7(2)10-15-17-18-16-10/h4-5,7H,1-3H3,(H,12,13)(H,14,19)(H,15,16,17,18). The average molecular weight is 261 g/mol. The van der Waals surface area contributed by atoms with Crippen molar-refractivity contribution in [2.75, 3.05) is 12.4 Å². The monoisotopic (exact) mass is 261 g/mol. The molecule has 1 atom stereocenters. The fraction of sp³-hybridized carbons (Fsp3) is 0.364. The molecule has 0 saturated carbocycles. The molecule has 2 heterocycles. The smallest absolute Gasteiger partial charge is 0.252 e. The van der Waals surface area contributed by atoms with Crippen molar-refractivity contribution in [1.29, 1.82) is 0 Å². The molecule has 0 aliphatic heterocycles. The molecule has 0 saturated heterocycles. The van der Waals surface area contributed by atoms with Gasteiger partial charge in [-0.3, -0.25) is 4.79 Å². The van der Waals surface area contributed by atoms with Crippen LogP contribution in [0, 0.1) is 6.92 Å². The molecule has 0 fully saturated rings. The molecule has 0 spiro atoms. The van der Waals surface area contributed by atoms with Crippen molar-refractivity contribution in [2.45, 2.75) is 19.9 Å². The first kappa shape index (κ1) is 12.9. The summed E-state index contributed by atoms with van der Waals surface area (Å²) in [6.45, 7) is 3.62. The summed E-state index contributed by atoms with van der Waals surface area (Å²) in [4.78, 5) is 16.4. The molecule has 0 aliphatic carbocycles. The number of anilines is 1. The minimum Gasteiger partial charge on any atom is -0.373 e. The summed E-state index contributed by atoms with van der Waals surface area (Å²) < 4.78 is 0. The summed E-state index contributed by atoms with van der Waals surface area (Å²) >= 11 is 0. The van der Waals surface area contributed by atoms with Crippen molar-refractivity contribution < 1.29 is 4.79 Å². The van der Waals surface area contributed by atoms with Crippen LogP contribution in [0.5, 0.6) is 0 Å². The Bertz CT molecular complexity index is 566. The first-order chi connectivity index (χ1) is 9.10. The van der Waals surface area contributed by atoms with Crippen molar-refractivity contribution in [1.82, 2.24) is 30.9 Å². The van der Waals surface area contributed by atoms with E-state index in [1.54, 1.807) is 26.1 Å². The molecule has 8 nitrogen and oxygen atoms in total. The van der Waals surface area contributed by atoms with Gasteiger partial charge in [-0.05, 0) is 26.0 Å². The number of H-pyrrole nitrogens is 1. The van der Waals surface area contributed by atoms with E-state index in [9.17, 15) is 4.79 Å². The molecule has 1 amide bonds. The van der Waals surface area contributed by atoms with Gasteiger partial charge in [-0.15, -0.1) is 10.2 Å². The SMILES string of the molecule is CNc1cc(C(=O)NC(C)c2nn[nH]n2)cc(C)n1. The first-order valence-corrected chi connectivity index (χ1v) is 5.81. The first-order valence-electron chi connectivity index (χ1n) is 5.81. The van der Waals surface area contributed by atoms with Gasteiger partial charge < -0.3 is 10.6 Å². The van der Waals surface area contributed by atoms with E-state index >= 15 is 0 Å². The van der Waals surface area contributed by atoms with Gasteiger partial charge in [-0.25, -0.2) is 4.98 Å². The van der Waals surface area contributed by atoms with Gasteiger partial charge in [0.05, 0.1) is 6.04 Å². The number of hydrogen-bond acceptors (Lipinski definition) is 6. The predicted molar refractivity (Wildman–Crippen MR) is 68.6 cm³/mol. The molecule has 100 valence electrons. The molecule has 0 aromatic carbocycles. The lowest BCUT2D eigenvalue weighted by Crippen LogP contribution is -2.27. The predicted octanol–water partition coefficient (Wildman–Crippen LogP) is 0.436. The number of carbonyl (C=O) groups is 1. The maximum absolute atomic E-state index is 12.1. The Labute approximate surface area is 110 Å². The van der Waals surface area contributed by atoms with E-state index < -0.39 is 0 Å². The van der Waals surface area contributed by atoms with Crippen molar-refractivity contribution in [3.8, 4) is 0 Å². The van der Waals surface area contributed by atoms with E-state index in [0.29, 0.717) is 17.2 Å². The van der Waals surface area contributed by atoms with Gasteiger partial charge in [0.25, 0.3) is 5.91 Å². The second-order valence-electron chi connectivity index (χ2n) is 4.10. The molecule has 0 aliphatic rings. The molecule has 2 aromatic rings. The fourth-order valence-corrected chi connectivity index (χ4v) is 1.63. The lowest BCUT2D eigenvalue weighted by atomic mass is 10.2. The molecule has 2 aromatic heterocycles. The van der Waals surface area contributed by atoms with E-state index in [1.807, 2.05) is 6.92 Å². The zero-order chi connectivity index (χ0) is 13.8. The molecular weight excluding hydrogens is 246 g/mol. The van der Waals surface area contributed by atoms with Crippen LogP contribution in [-0.4, -0.2) is 38.6 Å². The number of rotatable bonds is 4. The largest absolute Gasteiger partial charge is 0.373 e. The Hall–Kier alpha value is -2.51. The molecule has 1 unspecified atom stereocenters. The van der Waals surface area contributed by atoms with Crippen LogP contribution in [0.25, 0.3) is 0 Å².